The van der Waals surface area contributed by atoms with Crippen molar-refractivity contribution in [3.05, 3.63) is 35.1 Å². The molecular weight excluding hydrogens is 290 g/mol. The van der Waals surface area contributed by atoms with Crippen LogP contribution in [0.3, 0.4) is 0 Å². The molecule has 0 aliphatic rings. The number of halogens is 1. The van der Waals surface area contributed by atoms with Crippen molar-refractivity contribution < 1.29 is 9.47 Å². The van der Waals surface area contributed by atoms with Crippen molar-refractivity contribution in [1.82, 2.24) is 15.0 Å². The van der Waals surface area contributed by atoms with Crippen LogP contribution < -0.4 is 9.47 Å². The third-order valence-electron chi connectivity index (χ3n) is 2.74. The lowest BCUT2D eigenvalue weighted by atomic mass is 10.0. The Kier molecular flexibility index (Phi) is 5.33. The fourth-order valence-corrected chi connectivity index (χ4v) is 1.81. The van der Waals surface area contributed by atoms with Crippen LogP contribution in [-0.2, 0) is 0 Å². The predicted octanol–water partition coefficient (Wildman–Crippen LogP) is 4.23. The number of hydrogen-bond acceptors (Lipinski definition) is 5. The molecule has 1 heterocycles. The molecule has 0 aliphatic heterocycles. The van der Waals surface area contributed by atoms with E-state index in [2.05, 4.69) is 28.8 Å². The summed E-state index contributed by atoms with van der Waals surface area (Å²) in [5.41, 5.74) is 1.18. The van der Waals surface area contributed by atoms with Gasteiger partial charge in [0.1, 0.15) is 5.75 Å². The van der Waals surface area contributed by atoms with Gasteiger partial charge in [-0.05, 0) is 41.6 Å². The molecule has 0 bridgehead atoms. The van der Waals surface area contributed by atoms with Crippen molar-refractivity contribution in [2.24, 2.45) is 0 Å². The normalized spacial score (nSPS) is 10.7. The monoisotopic (exact) mass is 307 g/mol. The molecule has 0 amide bonds. The van der Waals surface area contributed by atoms with Gasteiger partial charge < -0.3 is 9.47 Å². The molecule has 2 rings (SSSR count). The summed E-state index contributed by atoms with van der Waals surface area (Å²) in [6, 6.07) is 8.08. The lowest BCUT2D eigenvalue weighted by Crippen LogP contribution is -2.03. The Bertz CT molecular complexity index is 605. The van der Waals surface area contributed by atoms with E-state index in [1.165, 1.54) is 5.56 Å². The van der Waals surface area contributed by atoms with E-state index in [9.17, 15) is 0 Å². The maximum Gasteiger partial charge on any atom is 0.329 e. The fourth-order valence-electron chi connectivity index (χ4n) is 1.66. The summed E-state index contributed by atoms with van der Waals surface area (Å²) in [6.45, 7) is 6.76. The summed E-state index contributed by atoms with van der Waals surface area (Å²) in [6.07, 6.45) is 0.857. The highest BCUT2D eigenvalue weighted by Crippen LogP contribution is 2.24. The van der Waals surface area contributed by atoms with Crippen molar-refractivity contribution in [2.45, 2.75) is 33.1 Å². The molecule has 0 saturated carbocycles. The van der Waals surface area contributed by atoms with E-state index < -0.39 is 0 Å². The number of rotatable bonds is 6. The first kappa shape index (κ1) is 15.5. The lowest BCUT2D eigenvalue weighted by molar-refractivity contribution is 0.284. The van der Waals surface area contributed by atoms with Gasteiger partial charge in [-0.15, -0.1) is 4.98 Å². The van der Waals surface area contributed by atoms with Gasteiger partial charge in [0.05, 0.1) is 6.61 Å². The van der Waals surface area contributed by atoms with E-state index in [0.29, 0.717) is 18.3 Å². The molecule has 5 nitrogen and oxygen atoms in total. The summed E-state index contributed by atoms with van der Waals surface area (Å²) >= 11 is 5.85. The number of nitrogens with zero attached hydrogens (tertiary/aromatic N) is 3. The summed E-state index contributed by atoms with van der Waals surface area (Å²) in [5.74, 6) is 1.07. The van der Waals surface area contributed by atoms with Crippen molar-refractivity contribution in [1.29, 1.82) is 0 Å². The standard InChI is InChI=1S/C15H18ClN3O2/c1-4-8-20-14-17-13(16)18-15(19-14)21-12-7-5-6-11(9-12)10(2)3/h5-7,9-10H,4,8H2,1-3H3. The van der Waals surface area contributed by atoms with Gasteiger partial charge in [-0.3, -0.25) is 0 Å². The summed E-state index contributed by atoms with van der Waals surface area (Å²) < 4.78 is 11.0. The molecule has 1 aromatic carbocycles. The Morgan fingerprint density at radius 2 is 1.90 bits per heavy atom. The molecule has 0 N–H and O–H groups in total. The molecule has 112 valence electrons. The summed E-state index contributed by atoms with van der Waals surface area (Å²) in [7, 11) is 0. The molecule has 0 radical (unpaired) electrons. The Balaban J connectivity index is 2.18. The number of aromatic nitrogens is 3. The Morgan fingerprint density at radius 1 is 1.14 bits per heavy atom. The molecule has 21 heavy (non-hydrogen) atoms. The molecule has 0 fully saturated rings. The van der Waals surface area contributed by atoms with E-state index in [1.807, 2.05) is 31.2 Å². The van der Waals surface area contributed by atoms with E-state index in [-0.39, 0.29) is 17.3 Å². The van der Waals surface area contributed by atoms with Crippen molar-refractivity contribution in [3.8, 4) is 17.8 Å². The maximum absolute atomic E-state index is 5.85. The first-order chi connectivity index (χ1) is 10.1. The van der Waals surface area contributed by atoms with Crippen LogP contribution in [0.5, 0.6) is 17.8 Å². The van der Waals surface area contributed by atoms with Crippen LogP contribution >= 0.6 is 11.6 Å². The van der Waals surface area contributed by atoms with Crippen LogP contribution in [0, 0.1) is 0 Å². The number of ether oxygens (including phenoxy) is 2. The smallest absolute Gasteiger partial charge is 0.329 e. The topological polar surface area (TPSA) is 57.1 Å². The zero-order chi connectivity index (χ0) is 15.2. The van der Waals surface area contributed by atoms with E-state index in [0.717, 1.165) is 6.42 Å². The van der Waals surface area contributed by atoms with Crippen molar-refractivity contribution in [3.63, 3.8) is 0 Å². The van der Waals surface area contributed by atoms with E-state index in [4.69, 9.17) is 21.1 Å². The van der Waals surface area contributed by atoms with Gasteiger partial charge in [-0.25, -0.2) is 0 Å². The molecule has 0 saturated heterocycles. The van der Waals surface area contributed by atoms with Gasteiger partial charge in [0.25, 0.3) is 0 Å². The largest absolute Gasteiger partial charge is 0.463 e. The second kappa shape index (κ2) is 7.22. The molecule has 0 spiro atoms. The fraction of sp³-hybridized carbons (Fsp3) is 0.400. The highest BCUT2D eigenvalue weighted by atomic mass is 35.5. The molecule has 2 aromatic rings. The Morgan fingerprint density at radius 3 is 2.62 bits per heavy atom. The molecule has 0 unspecified atom stereocenters. The van der Waals surface area contributed by atoms with Crippen molar-refractivity contribution >= 4 is 11.6 Å². The minimum absolute atomic E-state index is 0.0473. The number of hydrogen-bond donors (Lipinski definition) is 0. The zero-order valence-corrected chi connectivity index (χ0v) is 13.1. The highest BCUT2D eigenvalue weighted by molar-refractivity contribution is 6.28. The van der Waals surface area contributed by atoms with Gasteiger partial charge in [0.2, 0.25) is 5.28 Å². The molecular formula is C15H18ClN3O2. The minimum atomic E-state index is 0.0473. The summed E-state index contributed by atoms with van der Waals surface area (Å²) in [5, 5.41) is 0.0473. The SMILES string of the molecule is CCCOc1nc(Cl)nc(Oc2cccc(C(C)C)c2)n1. The molecule has 0 atom stereocenters. The van der Waals surface area contributed by atoms with Crippen LogP contribution in [-0.4, -0.2) is 21.6 Å². The quantitative estimate of drug-likeness (QED) is 0.799. The Labute approximate surface area is 129 Å². The van der Waals surface area contributed by atoms with Crippen LogP contribution in [0.4, 0.5) is 0 Å². The van der Waals surface area contributed by atoms with Crippen molar-refractivity contribution in [2.75, 3.05) is 6.61 Å². The summed E-state index contributed by atoms with van der Waals surface area (Å²) in [4.78, 5) is 11.9. The average Bonchev–Trinajstić information content (AvgIpc) is 2.45. The molecule has 0 aliphatic carbocycles. The second-order valence-electron chi connectivity index (χ2n) is 4.85. The molecule has 6 heteroatoms. The average molecular weight is 308 g/mol. The first-order valence-electron chi connectivity index (χ1n) is 6.90. The van der Waals surface area contributed by atoms with Crippen LogP contribution in [0.2, 0.25) is 5.28 Å². The Hall–Kier alpha value is -1.88. The second-order valence-corrected chi connectivity index (χ2v) is 5.19. The predicted molar refractivity (Wildman–Crippen MR) is 81.2 cm³/mol. The van der Waals surface area contributed by atoms with E-state index in [1.54, 1.807) is 0 Å². The van der Waals surface area contributed by atoms with Crippen LogP contribution in [0.25, 0.3) is 0 Å². The third kappa shape index (κ3) is 4.56. The van der Waals surface area contributed by atoms with Gasteiger partial charge in [-0.1, -0.05) is 32.9 Å². The third-order valence-corrected chi connectivity index (χ3v) is 2.91. The minimum Gasteiger partial charge on any atom is -0.463 e. The van der Waals surface area contributed by atoms with Crippen LogP contribution in [0.1, 0.15) is 38.7 Å². The van der Waals surface area contributed by atoms with Gasteiger partial charge >= 0.3 is 12.0 Å². The lowest BCUT2D eigenvalue weighted by Gasteiger charge is -2.09. The van der Waals surface area contributed by atoms with E-state index >= 15 is 0 Å². The molecule has 1 aromatic heterocycles. The number of benzene rings is 1. The van der Waals surface area contributed by atoms with Gasteiger partial charge in [-0.2, -0.15) is 9.97 Å². The van der Waals surface area contributed by atoms with Gasteiger partial charge in [0.15, 0.2) is 0 Å². The van der Waals surface area contributed by atoms with Gasteiger partial charge in [0, 0.05) is 0 Å². The van der Waals surface area contributed by atoms with Crippen LogP contribution in [0.15, 0.2) is 24.3 Å². The zero-order valence-electron chi connectivity index (χ0n) is 12.3. The maximum atomic E-state index is 5.85. The highest BCUT2D eigenvalue weighted by Gasteiger charge is 2.09. The first-order valence-corrected chi connectivity index (χ1v) is 7.28.